The van der Waals surface area contributed by atoms with Crippen LogP contribution < -0.4 is 10.6 Å². The van der Waals surface area contributed by atoms with Crippen LogP contribution in [0, 0.1) is 5.92 Å². The first-order chi connectivity index (χ1) is 11.4. The van der Waals surface area contributed by atoms with Crippen molar-refractivity contribution in [1.29, 1.82) is 0 Å². The average molecular weight is 345 g/mol. The Labute approximate surface area is 140 Å². The summed E-state index contributed by atoms with van der Waals surface area (Å²) in [6.45, 7) is 1.52. The van der Waals surface area contributed by atoms with E-state index in [0.717, 1.165) is 0 Å². The third-order valence-corrected chi connectivity index (χ3v) is 5.53. The van der Waals surface area contributed by atoms with Gasteiger partial charge in [-0.2, -0.15) is 0 Å². The van der Waals surface area contributed by atoms with Gasteiger partial charge in [-0.15, -0.1) is 0 Å². The van der Waals surface area contributed by atoms with E-state index in [4.69, 9.17) is 0 Å². The number of hydrogen-bond acceptors (Lipinski definition) is 4. The van der Waals surface area contributed by atoms with Crippen molar-refractivity contribution in [2.45, 2.75) is 62.6 Å². The molecule has 1 aliphatic heterocycles. The van der Waals surface area contributed by atoms with Gasteiger partial charge in [0.25, 0.3) is 0 Å². The van der Waals surface area contributed by atoms with Gasteiger partial charge in [-0.1, -0.05) is 0 Å². The summed E-state index contributed by atoms with van der Waals surface area (Å²) in [5, 5.41) is 16.1. The molecule has 0 spiro atoms. The first-order valence-corrected chi connectivity index (χ1v) is 8.73. The van der Waals surface area contributed by atoms with Gasteiger partial charge in [-0.05, 0) is 25.7 Å². The second-order valence-electron chi connectivity index (χ2n) is 7.20. The maximum atomic E-state index is 13.2. The number of carbonyl (C=O) groups is 2. The summed E-state index contributed by atoms with van der Waals surface area (Å²) in [5.41, 5.74) is 0. The van der Waals surface area contributed by atoms with Gasteiger partial charge in [0.05, 0.1) is 18.7 Å². The molecule has 136 valence electrons. The number of nitrogens with zero attached hydrogens (tertiary/aromatic N) is 1. The quantitative estimate of drug-likeness (QED) is 0.685. The molecule has 0 bridgehead atoms. The zero-order valence-corrected chi connectivity index (χ0v) is 13.6. The number of nitrogens with one attached hydrogen (secondary N) is 2. The lowest BCUT2D eigenvalue weighted by atomic mass is 9.86. The summed E-state index contributed by atoms with van der Waals surface area (Å²) in [6, 6.07) is -0.507. The minimum Gasteiger partial charge on any atom is -0.389 e. The van der Waals surface area contributed by atoms with Gasteiger partial charge in [0.1, 0.15) is 0 Å². The maximum absolute atomic E-state index is 13.2. The molecule has 8 heteroatoms. The van der Waals surface area contributed by atoms with Crippen LogP contribution >= 0.6 is 0 Å². The zero-order valence-electron chi connectivity index (χ0n) is 13.6. The lowest BCUT2D eigenvalue weighted by molar-refractivity contribution is -0.131. The highest BCUT2D eigenvalue weighted by Crippen LogP contribution is 2.36. The molecular weight excluding hydrogens is 320 g/mol. The van der Waals surface area contributed by atoms with E-state index in [9.17, 15) is 23.5 Å². The Hall–Kier alpha value is -1.28. The van der Waals surface area contributed by atoms with E-state index in [-0.39, 0.29) is 56.1 Å². The molecule has 1 saturated heterocycles. The minimum atomic E-state index is -2.65. The molecule has 2 aliphatic carbocycles. The molecule has 2 saturated carbocycles. The van der Waals surface area contributed by atoms with Crippen molar-refractivity contribution in [3.63, 3.8) is 0 Å². The number of aliphatic hydroxyl groups is 1. The van der Waals surface area contributed by atoms with Crippen LogP contribution in [-0.4, -0.2) is 65.6 Å². The van der Waals surface area contributed by atoms with Crippen molar-refractivity contribution in [3.8, 4) is 0 Å². The molecule has 0 aromatic rings. The van der Waals surface area contributed by atoms with Crippen LogP contribution in [-0.2, 0) is 9.59 Å². The van der Waals surface area contributed by atoms with E-state index in [0.29, 0.717) is 25.9 Å². The molecule has 3 fully saturated rings. The van der Waals surface area contributed by atoms with Crippen LogP contribution in [0.1, 0.15) is 38.5 Å². The van der Waals surface area contributed by atoms with E-state index in [1.807, 2.05) is 4.90 Å². The molecule has 3 N–H and O–H groups in total. The Balaban J connectivity index is 1.51. The van der Waals surface area contributed by atoms with Gasteiger partial charge in [0, 0.05) is 37.9 Å². The Morgan fingerprint density at radius 2 is 1.96 bits per heavy atom. The fourth-order valence-corrected chi connectivity index (χ4v) is 4.06. The monoisotopic (exact) mass is 345 g/mol. The molecule has 0 aromatic heterocycles. The number of rotatable bonds is 3. The second kappa shape index (κ2) is 6.92. The van der Waals surface area contributed by atoms with Gasteiger partial charge < -0.3 is 15.7 Å². The topological polar surface area (TPSA) is 81.7 Å². The predicted octanol–water partition coefficient (Wildman–Crippen LogP) is 0.252. The summed E-state index contributed by atoms with van der Waals surface area (Å²) >= 11 is 0. The Kier molecular flexibility index (Phi) is 5.05. The maximum Gasteiger partial charge on any atom is 0.248 e. The highest BCUT2D eigenvalue weighted by atomic mass is 19.3. The molecule has 0 radical (unpaired) electrons. The first-order valence-electron chi connectivity index (χ1n) is 8.73. The SMILES string of the molecule is O=C1CN([C@@H]2CC[C@@H](NC(=O)C3CCC(F)(F)CC3)[C@H]2O)CCN1. The van der Waals surface area contributed by atoms with Gasteiger partial charge >= 0.3 is 0 Å². The van der Waals surface area contributed by atoms with Crippen molar-refractivity contribution in [3.05, 3.63) is 0 Å². The third kappa shape index (κ3) is 3.85. The van der Waals surface area contributed by atoms with Gasteiger partial charge in [-0.3, -0.25) is 14.5 Å². The van der Waals surface area contributed by atoms with Gasteiger partial charge in [0.2, 0.25) is 17.7 Å². The zero-order chi connectivity index (χ0) is 17.3. The highest BCUT2D eigenvalue weighted by molar-refractivity contribution is 5.79. The van der Waals surface area contributed by atoms with Crippen molar-refractivity contribution in [2.24, 2.45) is 5.92 Å². The minimum absolute atomic E-state index is 0.0518. The van der Waals surface area contributed by atoms with Crippen LogP contribution in [0.3, 0.4) is 0 Å². The third-order valence-electron chi connectivity index (χ3n) is 5.53. The molecule has 0 aromatic carbocycles. The molecule has 3 rings (SSSR count). The molecule has 3 aliphatic rings. The average Bonchev–Trinajstić information content (AvgIpc) is 2.88. The Morgan fingerprint density at radius 3 is 2.62 bits per heavy atom. The molecule has 2 amide bonds. The first kappa shape index (κ1) is 17.5. The summed E-state index contributed by atoms with van der Waals surface area (Å²) in [7, 11) is 0. The molecule has 3 atom stereocenters. The Bertz CT molecular complexity index is 493. The standard InChI is InChI=1S/C16H25F2N3O3/c17-16(18)5-3-10(4-6-16)15(24)20-11-1-2-12(14(11)23)21-8-7-19-13(22)9-21/h10-12,14,23H,1-9H2,(H,19,22)(H,20,24)/t11-,12-,14-/m1/s1. The van der Waals surface area contributed by atoms with E-state index in [1.54, 1.807) is 0 Å². The van der Waals surface area contributed by atoms with Crippen LogP contribution in [0.2, 0.25) is 0 Å². The summed E-state index contributed by atoms with van der Waals surface area (Å²) in [6.07, 6.45) is 0.508. The lowest BCUT2D eigenvalue weighted by Crippen LogP contribution is -2.56. The summed E-state index contributed by atoms with van der Waals surface area (Å²) < 4.78 is 26.4. The summed E-state index contributed by atoms with van der Waals surface area (Å²) in [5.74, 6) is -3.32. The normalized spacial score (nSPS) is 34.8. The highest BCUT2D eigenvalue weighted by Gasteiger charge is 2.42. The van der Waals surface area contributed by atoms with Crippen molar-refractivity contribution >= 4 is 11.8 Å². The smallest absolute Gasteiger partial charge is 0.248 e. The fourth-order valence-electron chi connectivity index (χ4n) is 4.06. The van der Waals surface area contributed by atoms with Crippen LogP contribution in [0.15, 0.2) is 0 Å². The molecule has 24 heavy (non-hydrogen) atoms. The largest absolute Gasteiger partial charge is 0.389 e. The number of alkyl halides is 2. The van der Waals surface area contributed by atoms with E-state index >= 15 is 0 Å². The number of hydrogen-bond donors (Lipinski definition) is 3. The predicted molar refractivity (Wildman–Crippen MR) is 82.4 cm³/mol. The van der Waals surface area contributed by atoms with E-state index in [2.05, 4.69) is 10.6 Å². The second-order valence-corrected chi connectivity index (χ2v) is 7.20. The number of aliphatic hydroxyl groups excluding tert-OH is 1. The fraction of sp³-hybridized carbons (Fsp3) is 0.875. The molecule has 6 nitrogen and oxygen atoms in total. The van der Waals surface area contributed by atoms with Crippen LogP contribution in [0.4, 0.5) is 8.78 Å². The Morgan fingerprint density at radius 1 is 1.25 bits per heavy atom. The molecular formula is C16H25F2N3O3. The molecule has 0 unspecified atom stereocenters. The number of carbonyl (C=O) groups excluding carboxylic acids is 2. The van der Waals surface area contributed by atoms with Crippen molar-refractivity contribution in [1.82, 2.24) is 15.5 Å². The number of amides is 2. The van der Waals surface area contributed by atoms with Crippen molar-refractivity contribution < 1.29 is 23.5 Å². The van der Waals surface area contributed by atoms with E-state index < -0.39 is 17.9 Å². The lowest BCUT2D eigenvalue weighted by Gasteiger charge is -2.34. The van der Waals surface area contributed by atoms with Crippen LogP contribution in [0.25, 0.3) is 0 Å². The molecule has 1 heterocycles. The van der Waals surface area contributed by atoms with Crippen LogP contribution in [0.5, 0.6) is 0 Å². The van der Waals surface area contributed by atoms with Gasteiger partial charge in [-0.25, -0.2) is 8.78 Å². The van der Waals surface area contributed by atoms with E-state index in [1.165, 1.54) is 0 Å². The number of piperazine rings is 1. The summed E-state index contributed by atoms with van der Waals surface area (Å²) in [4.78, 5) is 25.7. The van der Waals surface area contributed by atoms with Crippen molar-refractivity contribution in [2.75, 3.05) is 19.6 Å². The van der Waals surface area contributed by atoms with Gasteiger partial charge in [0.15, 0.2) is 0 Å². The number of halogens is 2.